The van der Waals surface area contributed by atoms with Crippen LogP contribution in [0.5, 0.6) is 0 Å². The summed E-state index contributed by atoms with van der Waals surface area (Å²) in [5.41, 5.74) is -1.01. The van der Waals surface area contributed by atoms with E-state index in [-0.39, 0.29) is 17.5 Å². The highest BCUT2D eigenvalue weighted by Crippen LogP contribution is 2.55. The Morgan fingerprint density at radius 3 is 2.43 bits per heavy atom. The molecule has 0 N–H and O–H groups in total. The van der Waals surface area contributed by atoms with E-state index in [0.717, 1.165) is 12.8 Å². The van der Waals surface area contributed by atoms with E-state index in [0.29, 0.717) is 0 Å². The van der Waals surface area contributed by atoms with Gasteiger partial charge in [-0.2, -0.15) is 0 Å². The number of hydrogen-bond acceptors (Lipinski definition) is 3. The fourth-order valence-electron chi connectivity index (χ4n) is 2.42. The van der Waals surface area contributed by atoms with Crippen LogP contribution in [0.1, 0.15) is 40.5 Å². The zero-order valence-electron chi connectivity index (χ0n) is 9.72. The molecule has 1 saturated heterocycles. The Hall–Kier alpha value is -0.570. The van der Waals surface area contributed by atoms with Gasteiger partial charge in [-0.1, -0.05) is 27.2 Å². The van der Waals surface area contributed by atoms with Crippen molar-refractivity contribution in [2.45, 2.75) is 51.7 Å². The molecule has 3 nitrogen and oxygen atoms in total. The molecule has 1 aliphatic heterocycles. The van der Waals surface area contributed by atoms with Crippen LogP contribution in [-0.2, 0) is 14.3 Å². The van der Waals surface area contributed by atoms with Crippen LogP contribution in [0.3, 0.4) is 0 Å². The van der Waals surface area contributed by atoms with Crippen molar-refractivity contribution in [2.75, 3.05) is 7.11 Å². The zero-order chi connectivity index (χ0) is 11.0. The molecule has 0 aromatic heterocycles. The first-order valence-electron chi connectivity index (χ1n) is 5.23. The van der Waals surface area contributed by atoms with Crippen LogP contribution < -0.4 is 0 Å². The number of ether oxygens (including phenoxy) is 2. The van der Waals surface area contributed by atoms with Crippen molar-refractivity contribution in [3.8, 4) is 0 Å². The molecule has 0 saturated carbocycles. The lowest BCUT2D eigenvalue weighted by Crippen LogP contribution is -2.38. The van der Waals surface area contributed by atoms with Gasteiger partial charge in [-0.05, 0) is 19.3 Å². The third kappa shape index (κ3) is 1.34. The number of carbonyl (C=O) groups excluding carboxylic acids is 1. The maximum Gasteiger partial charge on any atom is 0.341 e. The van der Waals surface area contributed by atoms with Crippen LogP contribution in [0.4, 0.5) is 0 Å². The van der Waals surface area contributed by atoms with Crippen molar-refractivity contribution in [1.29, 1.82) is 0 Å². The average molecular weight is 200 g/mol. The molecule has 1 heterocycles. The molecule has 0 amide bonds. The molecule has 1 fully saturated rings. The van der Waals surface area contributed by atoms with Gasteiger partial charge in [0.1, 0.15) is 5.60 Å². The summed E-state index contributed by atoms with van der Waals surface area (Å²) in [4.78, 5) is 11.7. The summed E-state index contributed by atoms with van der Waals surface area (Å²) in [6.45, 7) is 8.08. The summed E-state index contributed by atoms with van der Waals surface area (Å²) in [5, 5.41) is 0. The molecule has 82 valence electrons. The summed E-state index contributed by atoms with van der Waals surface area (Å²) in [7, 11) is 1.42. The van der Waals surface area contributed by atoms with E-state index in [1.165, 1.54) is 7.11 Å². The minimum Gasteiger partial charge on any atom is -0.467 e. The van der Waals surface area contributed by atoms with Crippen molar-refractivity contribution >= 4 is 5.97 Å². The second-order valence-corrected chi connectivity index (χ2v) is 4.46. The third-order valence-electron chi connectivity index (χ3n) is 3.16. The first-order valence-corrected chi connectivity index (χ1v) is 5.23. The molecular weight excluding hydrogens is 180 g/mol. The van der Waals surface area contributed by atoms with Gasteiger partial charge in [0.05, 0.1) is 7.11 Å². The van der Waals surface area contributed by atoms with Gasteiger partial charge in [-0.15, -0.1) is 0 Å². The van der Waals surface area contributed by atoms with Crippen LogP contribution in [0, 0.1) is 5.92 Å². The Morgan fingerprint density at radius 2 is 2.07 bits per heavy atom. The molecule has 1 rings (SSSR count). The number of carbonyl (C=O) groups is 1. The molecule has 3 heteroatoms. The number of epoxide rings is 1. The van der Waals surface area contributed by atoms with E-state index in [4.69, 9.17) is 9.47 Å². The second-order valence-electron chi connectivity index (χ2n) is 4.46. The lowest BCUT2D eigenvalue weighted by molar-refractivity contribution is -0.148. The Bertz CT molecular complexity index is 237. The number of rotatable bonds is 4. The molecule has 1 aliphatic rings. The highest BCUT2D eigenvalue weighted by molar-refractivity contribution is 5.85. The Labute approximate surface area is 85.8 Å². The number of hydrogen-bond donors (Lipinski definition) is 0. The summed E-state index contributed by atoms with van der Waals surface area (Å²) >= 11 is 0. The minimum atomic E-state index is -0.697. The zero-order valence-corrected chi connectivity index (χ0v) is 9.72. The standard InChI is InChI=1S/C11H20O3/c1-6-7-10(4)11(14-10,8(2)3)9(12)13-5/h8H,6-7H2,1-5H3. The lowest BCUT2D eigenvalue weighted by Gasteiger charge is -2.17. The molecule has 14 heavy (non-hydrogen) atoms. The molecule has 0 aromatic carbocycles. The first-order chi connectivity index (χ1) is 6.44. The van der Waals surface area contributed by atoms with E-state index < -0.39 is 5.60 Å². The predicted molar refractivity (Wildman–Crippen MR) is 54.0 cm³/mol. The van der Waals surface area contributed by atoms with Gasteiger partial charge in [0, 0.05) is 0 Å². The summed E-state index contributed by atoms with van der Waals surface area (Å²) in [6, 6.07) is 0. The van der Waals surface area contributed by atoms with Crippen LogP contribution in [0.15, 0.2) is 0 Å². The van der Waals surface area contributed by atoms with Crippen LogP contribution >= 0.6 is 0 Å². The van der Waals surface area contributed by atoms with Gasteiger partial charge in [-0.3, -0.25) is 0 Å². The second kappa shape index (κ2) is 3.54. The van der Waals surface area contributed by atoms with Gasteiger partial charge < -0.3 is 9.47 Å². The topological polar surface area (TPSA) is 38.8 Å². The lowest BCUT2D eigenvalue weighted by atomic mass is 9.82. The van der Waals surface area contributed by atoms with Crippen molar-refractivity contribution in [3.05, 3.63) is 0 Å². The fraction of sp³-hybridized carbons (Fsp3) is 0.909. The molecule has 0 spiro atoms. The molecule has 0 radical (unpaired) electrons. The monoisotopic (exact) mass is 200 g/mol. The van der Waals surface area contributed by atoms with Crippen molar-refractivity contribution in [3.63, 3.8) is 0 Å². The van der Waals surface area contributed by atoms with E-state index in [2.05, 4.69) is 6.92 Å². The van der Waals surface area contributed by atoms with Crippen LogP contribution in [-0.4, -0.2) is 24.3 Å². The van der Waals surface area contributed by atoms with E-state index in [9.17, 15) is 4.79 Å². The Balaban J connectivity index is 2.85. The van der Waals surface area contributed by atoms with Crippen molar-refractivity contribution in [1.82, 2.24) is 0 Å². The largest absolute Gasteiger partial charge is 0.467 e. The SMILES string of the molecule is CCCC1(C)OC1(C(=O)OC)C(C)C. The predicted octanol–water partition coefficient (Wildman–Crippen LogP) is 2.14. The van der Waals surface area contributed by atoms with Gasteiger partial charge in [-0.25, -0.2) is 4.79 Å². The van der Waals surface area contributed by atoms with E-state index >= 15 is 0 Å². The summed E-state index contributed by atoms with van der Waals surface area (Å²) < 4.78 is 10.5. The molecule has 0 bridgehead atoms. The summed E-state index contributed by atoms with van der Waals surface area (Å²) in [6.07, 6.45) is 1.92. The van der Waals surface area contributed by atoms with Gasteiger partial charge >= 0.3 is 5.97 Å². The fourth-order valence-corrected chi connectivity index (χ4v) is 2.42. The minimum absolute atomic E-state index is 0.159. The van der Waals surface area contributed by atoms with Gasteiger partial charge in [0.15, 0.2) is 5.60 Å². The molecule has 0 aromatic rings. The maximum atomic E-state index is 11.7. The normalized spacial score (nSPS) is 35.9. The highest BCUT2D eigenvalue weighted by Gasteiger charge is 2.73. The Morgan fingerprint density at radius 1 is 1.50 bits per heavy atom. The molecular formula is C11H20O3. The molecule has 2 unspecified atom stereocenters. The first kappa shape index (κ1) is 11.5. The third-order valence-corrected chi connectivity index (χ3v) is 3.16. The van der Waals surface area contributed by atoms with Crippen molar-refractivity contribution < 1.29 is 14.3 Å². The quantitative estimate of drug-likeness (QED) is 0.515. The van der Waals surface area contributed by atoms with E-state index in [1.54, 1.807) is 0 Å². The van der Waals surface area contributed by atoms with Crippen molar-refractivity contribution in [2.24, 2.45) is 5.92 Å². The molecule has 0 aliphatic carbocycles. The van der Waals surface area contributed by atoms with Crippen LogP contribution in [0.25, 0.3) is 0 Å². The average Bonchev–Trinajstić information content (AvgIpc) is 2.73. The van der Waals surface area contributed by atoms with E-state index in [1.807, 2.05) is 20.8 Å². The smallest absolute Gasteiger partial charge is 0.341 e. The number of methoxy groups -OCH3 is 1. The number of esters is 1. The summed E-state index contributed by atoms with van der Waals surface area (Å²) in [5.74, 6) is -0.0741. The Kier molecular flexibility index (Phi) is 2.91. The van der Waals surface area contributed by atoms with Gasteiger partial charge in [0.25, 0.3) is 0 Å². The van der Waals surface area contributed by atoms with Crippen LogP contribution in [0.2, 0.25) is 0 Å². The highest BCUT2D eigenvalue weighted by atomic mass is 16.7. The maximum absolute atomic E-state index is 11.7. The molecule has 2 atom stereocenters. The van der Waals surface area contributed by atoms with Gasteiger partial charge in [0.2, 0.25) is 0 Å².